The van der Waals surface area contributed by atoms with Gasteiger partial charge in [0.05, 0.1) is 16.9 Å². The number of rotatable bonds is 4. The van der Waals surface area contributed by atoms with E-state index in [-0.39, 0.29) is 28.5 Å². The molecule has 1 amide bonds. The summed E-state index contributed by atoms with van der Waals surface area (Å²) in [6, 6.07) is 0. The van der Waals surface area contributed by atoms with Gasteiger partial charge in [-0.1, -0.05) is 22.9 Å². The van der Waals surface area contributed by atoms with E-state index in [1.807, 2.05) is 6.92 Å². The molecular weight excluding hydrogens is 314 g/mol. The molecule has 1 atom stereocenters. The van der Waals surface area contributed by atoms with Crippen molar-refractivity contribution < 1.29 is 4.79 Å². The molecule has 1 rings (SSSR count). The summed E-state index contributed by atoms with van der Waals surface area (Å²) in [5.41, 5.74) is -0.337. The molecule has 0 radical (unpaired) electrons. The molecule has 0 bridgehead atoms. The van der Waals surface area contributed by atoms with Crippen LogP contribution in [-0.2, 0) is 25.4 Å². The molecule has 1 unspecified atom stereocenters. The van der Waals surface area contributed by atoms with Gasteiger partial charge in [0.25, 0.3) is 5.56 Å². The largest absolute Gasteiger partial charge is 0.340 e. The van der Waals surface area contributed by atoms with Crippen LogP contribution in [0.5, 0.6) is 0 Å². The summed E-state index contributed by atoms with van der Waals surface area (Å²) >= 11 is 3.29. The van der Waals surface area contributed by atoms with Crippen molar-refractivity contribution in [3.05, 3.63) is 32.6 Å². The lowest BCUT2D eigenvalue weighted by atomic mass is 10.2. The van der Waals surface area contributed by atoms with Gasteiger partial charge < -0.3 is 9.47 Å². The van der Waals surface area contributed by atoms with Gasteiger partial charge in [-0.05, 0) is 6.42 Å². The van der Waals surface area contributed by atoms with Crippen molar-refractivity contribution in [2.75, 3.05) is 7.05 Å². The van der Waals surface area contributed by atoms with E-state index >= 15 is 0 Å². The first kappa shape index (κ1) is 15.7. The first-order chi connectivity index (χ1) is 8.79. The highest BCUT2D eigenvalue weighted by Crippen LogP contribution is 2.09. The molecule has 1 heterocycles. The maximum atomic E-state index is 11.9. The number of alkyl halides is 1. The van der Waals surface area contributed by atoms with Gasteiger partial charge in [-0.3, -0.25) is 14.2 Å². The van der Waals surface area contributed by atoms with Crippen LogP contribution in [0, 0.1) is 0 Å². The van der Waals surface area contributed by atoms with Gasteiger partial charge in [0, 0.05) is 27.3 Å². The molecule has 0 fully saturated rings. The van der Waals surface area contributed by atoms with Gasteiger partial charge in [-0.25, -0.2) is 4.79 Å². The highest BCUT2D eigenvalue weighted by Gasteiger charge is 2.19. The van der Waals surface area contributed by atoms with Crippen molar-refractivity contribution in [3.8, 4) is 0 Å². The molecule has 0 aromatic carbocycles. The maximum Gasteiger partial charge on any atom is 0.330 e. The monoisotopic (exact) mass is 331 g/mol. The van der Waals surface area contributed by atoms with Gasteiger partial charge in [0.15, 0.2) is 0 Å². The summed E-state index contributed by atoms with van der Waals surface area (Å²) in [7, 11) is 4.64. The molecule has 0 aliphatic carbocycles. The molecule has 0 saturated heterocycles. The summed E-state index contributed by atoms with van der Waals surface area (Å²) < 4.78 is 2.37. The Bertz CT molecular complexity index is 591. The van der Waals surface area contributed by atoms with Crippen LogP contribution in [0.3, 0.4) is 0 Å². The second-order valence-corrected chi connectivity index (χ2v) is 5.59. The van der Waals surface area contributed by atoms with Crippen molar-refractivity contribution in [1.82, 2.24) is 14.0 Å². The van der Waals surface area contributed by atoms with Crippen LogP contribution < -0.4 is 11.2 Å². The number of halogens is 1. The Balaban J connectivity index is 3.05. The third kappa shape index (κ3) is 3.34. The average Bonchev–Trinajstić information content (AvgIpc) is 2.40. The fourth-order valence-electron chi connectivity index (χ4n) is 1.74. The fraction of sp³-hybridized carbons (Fsp3) is 0.583. The molecule has 19 heavy (non-hydrogen) atoms. The van der Waals surface area contributed by atoms with Gasteiger partial charge in [0.1, 0.15) is 0 Å². The molecule has 0 saturated carbocycles. The summed E-state index contributed by atoms with van der Waals surface area (Å²) in [5, 5.41) is 0. The number of nitrogens with zero attached hydrogens (tertiary/aromatic N) is 3. The lowest BCUT2D eigenvalue weighted by Gasteiger charge is -2.20. The van der Waals surface area contributed by atoms with E-state index in [9.17, 15) is 14.4 Å². The normalized spacial score (nSPS) is 12.3. The average molecular weight is 332 g/mol. The Labute approximate surface area is 119 Å². The van der Waals surface area contributed by atoms with Crippen LogP contribution in [0.2, 0.25) is 0 Å². The molecule has 6 nitrogen and oxygen atoms in total. The summed E-state index contributed by atoms with van der Waals surface area (Å²) in [5.74, 6) is -0.0848. The van der Waals surface area contributed by atoms with Gasteiger partial charge >= 0.3 is 5.69 Å². The zero-order chi connectivity index (χ0) is 14.7. The topological polar surface area (TPSA) is 64.3 Å². The molecule has 1 aromatic heterocycles. The molecule has 106 valence electrons. The first-order valence-electron chi connectivity index (χ1n) is 5.94. The Morgan fingerprint density at radius 2 is 2.00 bits per heavy atom. The Morgan fingerprint density at radius 1 is 1.42 bits per heavy atom. The summed E-state index contributed by atoms with van der Waals surface area (Å²) in [4.78, 5) is 36.6. The van der Waals surface area contributed by atoms with E-state index < -0.39 is 0 Å². The Kier molecular flexibility index (Phi) is 5.11. The number of hydrogen-bond donors (Lipinski definition) is 0. The van der Waals surface area contributed by atoms with Crippen molar-refractivity contribution in [2.24, 2.45) is 14.1 Å². The maximum absolute atomic E-state index is 11.9. The molecule has 0 N–H and O–H groups in total. The predicted octanol–water partition coefficient (Wildman–Crippen LogP) is 0.216. The van der Waals surface area contributed by atoms with E-state index in [1.54, 1.807) is 14.1 Å². The van der Waals surface area contributed by atoms with E-state index in [1.165, 1.54) is 22.7 Å². The summed E-state index contributed by atoms with van der Waals surface area (Å²) in [6.45, 7) is 2.08. The van der Waals surface area contributed by atoms with E-state index in [2.05, 4.69) is 15.9 Å². The Morgan fingerprint density at radius 3 is 2.53 bits per heavy atom. The van der Waals surface area contributed by atoms with Crippen LogP contribution in [-0.4, -0.2) is 31.8 Å². The quantitative estimate of drug-likeness (QED) is 0.741. The minimum atomic E-state index is -0.380. The third-order valence-corrected chi connectivity index (χ3v) is 3.97. The van der Waals surface area contributed by atoms with E-state index in [0.717, 1.165) is 4.57 Å². The van der Waals surface area contributed by atoms with Crippen LogP contribution in [0.25, 0.3) is 0 Å². The molecular formula is C12H18BrN3O3. The second kappa shape index (κ2) is 6.18. The van der Waals surface area contributed by atoms with Crippen LogP contribution in [0.15, 0.2) is 15.8 Å². The highest BCUT2D eigenvalue weighted by molar-refractivity contribution is 9.10. The number of carbonyl (C=O) groups is 1. The minimum Gasteiger partial charge on any atom is -0.340 e. The molecule has 0 spiro atoms. The number of aryl methyl sites for hydroxylation is 1. The minimum absolute atomic E-state index is 0.0848. The second-order valence-electron chi connectivity index (χ2n) is 4.48. The Hall–Kier alpha value is -1.37. The van der Waals surface area contributed by atoms with Crippen molar-refractivity contribution in [2.45, 2.75) is 24.7 Å². The van der Waals surface area contributed by atoms with Crippen molar-refractivity contribution in [1.29, 1.82) is 0 Å². The third-order valence-electron chi connectivity index (χ3n) is 2.93. The lowest BCUT2D eigenvalue weighted by molar-refractivity contribution is -0.129. The van der Waals surface area contributed by atoms with Crippen molar-refractivity contribution in [3.63, 3.8) is 0 Å². The zero-order valence-corrected chi connectivity index (χ0v) is 13.1. The first-order valence-corrected chi connectivity index (χ1v) is 6.85. The smallest absolute Gasteiger partial charge is 0.330 e. The van der Waals surface area contributed by atoms with Crippen LogP contribution >= 0.6 is 15.9 Å². The number of amides is 1. The van der Waals surface area contributed by atoms with Crippen LogP contribution in [0.4, 0.5) is 0 Å². The molecule has 1 aromatic rings. The molecule has 7 heteroatoms. The van der Waals surface area contributed by atoms with E-state index in [0.29, 0.717) is 12.0 Å². The van der Waals surface area contributed by atoms with Gasteiger partial charge in [-0.2, -0.15) is 0 Å². The zero-order valence-electron chi connectivity index (χ0n) is 11.5. The van der Waals surface area contributed by atoms with Gasteiger partial charge in [-0.15, -0.1) is 0 Å². The number of carbonyl (C=O) groups excluding carboxylic acids is 1. The van der Waals surface area contributed by atoms with Crippen molar-refractivity contribution >= 4 is 21.8 Å². The number of hydrogen-bond acceptors (Lipinski definition) is 3. The lowest BCUT2D eigenvalue weighted by Crippen LogP contribution is -2.41. The SMILES string of the molecule is CCC(Br)C(=O)N(C)Cc1cn(C)c(=O)n(C)c1=O. The molecule has 0 aliphatic rings. The predicted molar refractivity (Wildman–Crippen MR) is 76.4 cm³/mol. The standard InChI is InChI=1S/C12H18BrN3O3/c1-5-9(13)11(18)14(2)6-8-7-15(3)12(19)16(4)10(8)17/h7,9H,5-6H2,1-4H3. The number of aromatic nitrogens is 2. The fourth-order valence-corrected chi connectivity index (χ4v) is 2.09. The summed E-state index contributed by atoms with van der Waals surface area (Å²) in [6.07, 6.45) is 2.15. The van der Waals surface area contributed by atoms with Crippen LogP contribution in [0.1, 0.15) is 18.9 Å². The molecule has 0 aliphatic heterocycles. The van der Waals surface area contributed by atoms with Gasteiger partial charge in [0.2, 0.25) is 5.91 Å². The highest BCUT2D eigenvalue weighted by atomic mass is 79.9. The van der Waals surface area contributed by atoms with E-state index in [4.69, 9.17) is 0 Å².